The van der Waals surface area contributed by atoms with Crippen molar-refractivity contribution >= 4 is 23.3 Å². The van der Waals surface area contributed by atoms with Gasteiger partial charge in [-0.05, 0) is 25.3 Å². The van der Waals surface area contributed by atoms with Gasteiger partial charge in [-0.3, -0.25) is 4.79 Å². The highest BCUT2D eigenvalue weighted by Crippen LogP contribution is 2.44. The van der Waals surface area contributed by atoms with E-state index >= 15 is 0 Å². The molecule has 0 aromatic heterocycles. The number of halogens is 1. The largest absolute Gasteiger partial charge is 0.470 e. The first-order valence-corrected chi connectivity index (χ1v) is 6.54. The van der Waals surface area contributed by atoms with Crippen LogP contribution >= 0.6 is 11.6 Å². The van der Waals surface area contributed by atoms with Gasteiger partial charge in [-0.15, -0.1) is 0 Å². The van der Waals surface area contributed by atoms with Crippen molar-refractivity contribution < 1.29 is 9.53 Å². The van der Waals surface area contributed by atoms with Gasteiger partial charge in [0.25, 0.3) is 0 Å². The van der Waals surface area contributed by atoms with E-state index in [0.29, 0.717) is 17.3 Å². The lowest BCUT2D eigenvalue weighted by atomic mass is 9.74. The van der Waals surface area contributed by atoms with Crippen LogP contribution in [0.4, 0.5) is 0 Å². The number of ether oxygens (including phenoxy) is 1. The second kappa shape index (κ2) is 4.09. The third kappa shape index (κ3) is 1.57. The molecule has 1 aromatic rings. The Morgan fingerprint density at radius 3 is 3.00 bits per heavy atom. The molecule has 0 unspecified atom stereocenters. The van der Waals surface area contributed by atoms with E-state index in [1.54, 1.807) is 6.92 Å². The van der Waals surface area contributed by atoms with E-state index < -0.39 is 5.54 Å². The standard InChI is InChI=1S/C14H14ClNO2/c1-9-16-14(10-5-2-3-6-11(10)15)8-4-7-12(18-9)13(14)17/h2-3,5-6,12H,4,7-8H2,1H3/t12-,14-/m1/s1. The predicted octanol–water partition coefficient (Wildman–Crippen LogP) is 3.11. The molecule has 94 valence electrons. The highest BCUT2D eigenvalue weighted by atomic mass is 35.5. The quantitative estimate of drug-likeness (QED) is 0.781. The highest BCUT2D eigenvalue weighted by molar-refractivity contribution is 6.32. The summed E-state index contributed by atoms with van der Waals surface area (Å²) in [4.78, 5) is 17.0. The van der Waals surface area contributed by atoms with E-state index in [-0.39, 0.29) is 11.9 Å². The Morgan fingerprint density at radius 1 is 1.44 bits per heavy atom. The van der Waals surface area contributed by atoms with Gasteiger partial charge in [0.05, 0.1) is 0 Å². The van der Waals surface area contributed by atoms with E-state index in [1.165, 1.54) is 0 Å². The molecule has 0 radical (unpaired) electrons. The molecule has 1 heterocycles. The van der Waals surface area contributed by atoms with Gasteiger partial charge in [0.15, 0.2) is 17.5 Å². The lowest BCUT2D eigenvalue weighted by Gasteiger charge is -2.40. The normalized spacial score (nSPS) is 30.7. The maximum atomic E-state index is 12.5. The molecule has 1 saturated carbocycles. The number of carbonyl (C=O) groups excluding carboxylic acids is 1. The highest BCUT2D eigenvalue weighted by Gasteiger charge is 2.50. The van der Waals surface area contributed by atoms with E-state index in [0.717, 1.165) is 18.4 Å². The minimum Gasteiger partial charge on any atom is -0.470 e. The zero-order chi connectivity index (χ0) is 12.8. The topological polar surface area (TPSA) is 38.7 Å². The number of fused-ring (bicyclic) bond motifs is 2. The van der Waals surface area contributed by atoms with Crippen LogP contribution in [0.2, 0.25) is 5.02 Å². The van der Waals surface area contributed by atoms with E-state index in [9.17, 15) is 4.79 Å². The molecule has 3 nitrogen and oxygen atoms in total. The van der Waals surface area contributed by atoms with E-state index in [2.05, 4.69) is 4.99 Å². The summed E-state index contributed by atoms with van der Waals surface area (Å²) in [5.41, 5.74) is -0.00660. The van der Waals surface area contributed by atoms with Gasteiger partial charge in [0.2, 0.25) is 5.78 Å². The van der Waals surface area contributed by atoms with Crippen molar-refractivity contribution in [2.75, 3.05) is 0 Å². The Balaban J connectivity index is 2.20. The van der Waals surface area contributed by atoms with Gasteiger partial charge in [0.1, 0.15) is 0 Å². The van der Waals surface area contributed by atoms with Crippen molar-refractivity contribution in [3.63, 3.8) is 0 Å². The van der Waals surface area contributed by atoms with Gasteiger partial charge in [-0.1, -0.05) is 29.8 Å². The second-order valence-corrected chi connectivity index (χ2v) is 5.24. The second-order valence-electron chi connectivity index (χ2n) is 4.83. The van der Waals surface area contributed by atoms with Crippen LogP contribution in [0.1, 0.15) is 31.7 Å². The maximum Gasteiger partial charge on any atom is 0.205 e. The predicted molar refractivity (Wildman–Crippen MR) is 70.0 cm³/mol. The molecule has 1 fully saturated rings. The number of ketones is 1. The Labute approximate surface area is 111 Å². The fraction of sp³-hybridized carbons (Fsp3) is 0.429. The Morgan fingerprint density at radius 2 is 2.22 bits per heavy atom. The first-order valence-electron chi connectivity index (χ1n) is 6.16. The smallest absolute Gasteiger partial charge is 0.205 e. The maximum absolute atomic E-state index is 12.5. The van der Waals surface area contributed by atoms with Gasteiger partial charge < -0.3 is 4.74 Å². The zero-order valence-electron chi connectivity index (χ0n) is 10.1. The average molecular weight is 264 g/mol. The number of nitrogens with zero attached hydrogens (tertiary/aromatic N) is 1. The van der Waals surface area contributed by atoms with Gasteiger partial charge in [-0.25, -0.2) is 4.99 Å². The number of carbonyl (C=O) groups is 1. The molecule has 2 atom stereocenters. The molecule has 2 aliphatic rings. The van der Waals surface area contributed by atoms with Gasteiger partial charge in [0, 0.05) is 17.5 Å². The van der Waals surface area contributed by atoms with Crippen LogP contribution in [0.3, 0.4) is 0 Å². The molecule has 0 spiro atoms. The lowest BCUT2D eigenvalue weighted by molar-refractivity contribution is -0.137. The Hall–Kier alpha value is -1.35. The van der Waals surface area contributed by atoms with Crippen LogP contribution in [0.25, 0.3) is 0 Å². The fourth-order valence-corrected chi connectivity index (χ4v) is 3.20. The van der Waals surface area contributed by atoms with E-state index in [4.69, 9.17) is 16.3 Å². The molecule has 18 heavy (non-hydrogen) atoms. The fourth-order valence-electron chi connectivity index (χ4n) is 2.91. The molecule has 4 heteroatoms. The summed E-state index contributed by atoms with van der Waals surface area (Å²) in [6.45, 7) is 1.80. The molecule has 1 aromatic carbocycles. The van der Waals surface area contributed by atoms with Crippen LogP contribution in [-0.4, -0.2) is 17.8 Å². The summed E-state index contributed by atoms with van der Waals surface area (Å²) in [6, 6.07) is 7.46. The third-order valence-electron chi connectivity index (χ3n) is 3.69. The summed E-state index contributed by atoms with van der Waals surface area (Å²) in [6.07, 6.45) is 2.07. The molecule has 0 N–H and O–H groups in total. The molecule has 1 aliphatic heterocycles. The molecule has 3 rings (SSSR count). The first-order chi connectivity index (χ1) is 8.63. The molecular weight excluding hydrogens is 250 g/mol. The van der Waals surface area contributed by atoms with Crippen molar-refractivity contribution in [3.05, 3.63) is 34.9 Å². The van der Waals surface area contributed by atoms with Crippen molar-refractivity contribution in [2.45, 2.75) is 37.8 Å². The number of hydrogen-bond acceptors (Lipinski definition) is 3. The molecule has 2 bridgehead atoms. The molecule has 0 saturated heterocycles. The molecule has 0 amide bonds. The van der Waals surface area contributed by atoms with Crippen molar-refractivity contribution in [1.29, 1.82) is 0 Å². The summed E-state index contributed by atoms with van der Waals surface area (Å²) in [5.74, 6) is 0.631. The summed E-state index contributed by atoms with van der Waals surface area (Å²) in [7, 11) is 0. The monoisotopic (exact) mass is 263 g/mol. The Kier molecular flexibility index (Phi) is 2.67. The van der Waals surface area contributed by atoms with Crippen molar-refractivity contribution in [3.8, 4) is 0 Å². The van der Waals surface area contributed by atoms with Gasteiger partial charge >= 0.3 is 0 Å². The first kappa shape index (κ1) is 11.7. The SMILES string of the molecule is CC1=N[C@@]2(c3ccccc3Cl)CCC[C@@H](O1)C2=O. The third-order valence-corrected chi connectivity index (χ3v) is 4.02. The Bertz CT molecular complexity index is 540. The summed E-state index contributed by atoms with van der Waals surface area (Å²) in [5, 5.41) is 0.602. The summed E-state index contributed by atoms with van der Waals surface area (Å²) < 4.78 is 5.51. The van der Waals surface area contributed by atoms with Crippen LogP contribution in [-0.2, 0) is 15.1 Å². The average Bonchev–Trinajstić information content (AvgIpc) is 2.32. The molecular formula is C14H14ClNO2. The van der Waals surface area contributed by atoms with Crippen LogP contribution in [0.5, 0.6) is 0 Å². The minimum atomic E-state index is -0.816. The van der Waals surface area contributed by atoms with E-state index in [1.807, 2.05) is 24.3 Å². The zero-order valence-corrected chi connectivity index (χ0v) is 10.9. The number of aliphatic imine (C=N–C) groups is 1. The number of hydrogen-bond donors (Lipinski definition) is 0. The number of benzene rings is 1. The van der Waals surface area contributed by atoms with Crippen molar-refractivity contribution in [1.82, 2.24) is 0 Å². The summed E-state index contributed by atoms with van der Waals surface area (Å²) >= 11 is 6.25. The molecule has 1 aliphatic carbocycles. The number of Topliss-reactive ketones (excluding diaryl/α,β-unsaturated/α-hetero) is 1. The van der Waals surface area contributed by atoms with Crippen molar-refractivity contribution in [2.24, 2.45) is 4.99 Å². The van der Waals surface area contributed by atoms with Gasteiger partial charge in [-0.2, -0.15) is 0 Å². The van der Waals surface area contributed by atoms with Crippen LogP contribution < -0.4 is 0 Å². The lowest BCUT2D eigenvalue weighted by Crippen LogP contribution is -2.50. The minimum absolute atomic E-state index is 0.0486. The van der Waals surface area contributed by atoms with Crippen LogP contribution in [0.15, 0.2) is 29.3 Å². The van der Waals surface area contributed by atoms with Crippen LogP contribution in [0, 0.1) is 0 Å². The number of rotatable bonds is 1.